The molecule has 0 bridgehead atoms. The van der Waals surface area contributed by atoms with Crippen molar-refractivity contribution in [1.29, 1.82) is 0 Å². The van der Waals surface area contributed by atoms with E-state index in [-0.39, 0.29) is 12.1 Å². The van der Waals surface area contributed by atoms with Crippen LogP contribution in [-0.2, 0) is 18.9 Å². The van der Waals surface area contributed by atoms with E-state index in [1.165, 1.54) is 0 Å². The highest BCUT2D eigenvalue weighted by Gasteiger charge is 2.48. The first kappa shape index (κ1) is 15.2. The van der Waals surface area contributed by atoms with Crippen molar-refractivity contribution in [3.63, 3.8) is 0 Å². The lowest BCUT2D eigenvalue weighted by Gasteiger charge is -2.09. The van der Waals surface area contributed by atoms with Gasteiger partial charge < -0.3 is 0 Å². The van der Waals surface area contributed by atoms with Crippen molar-refractivity contribution in [2.75, 3.05) is 0 Å². The van der Waals surface area contributed by atoms with E-state index in [9.17, 15) is 34.4 Å². The van der Waals surface area contributed by atoms with Crippen molar-refractivity contribution in [3.05, 3.63) is 24.0 Å². The Balaban J connectivity index is 3.50. The molecule has 0 aliphatic carbocycles. The summed E-state index contributed by atoms with van der Waals surface area (Å²) in [4.78, 5) is -2.51. The van der Waals surface area contributed by atoms with Crippen LogP contribution in [0.5, 0.6) is 0 Å². The highest BCUT2D eigenvalue weighted by molar-refractivity contribution is 8.13. The molecule has 0 radical (unpaired) electrons. The lowest BCUT2D eigenvalue weighted by atomic mass is 10.3. The second-order valence-corrected chi connectivity index (χ2v) is 7.45. The van der Waals surface area contributed by atoms with Gasteiger partial charge in [-0.15, -0.1) is 0 Å². The Morgan fingerprint density at radius 3 is 1.89 bits per heavy atom. The number of rotatable bonds is 2. The Labute approximate surface area is 104 Å². The lowest BCUT2D eigenvalue weighted by Crippen LogP contribution is -2.24. The van der Waals surface area contributed by atoms with Crippen LogP contribution >= 0.6 is 10.7 Å². The Hall–Kier alpha value is -0.870. The molecule has 0 atom stereocenters. The van der Waals surface area contributed by atoms with Gasteiger partial charge in [0.1, 0.15) is 10.7 Å². The molecule has 11 heteroatoms. The summed E-state index contributed by atoms with van der Waals surface area (Å²) in [6.07, 6.45) is 0. The quantitative estimate of drug-likeness (QED) is 0.616. The van der Waals surface area contributed by atoms with Crippen molar-refractivity contribution >= 4 is 29.6 Å². The minimum absolute atomic E-state index is 0.0982. The van der Waals surface area contributed by atoms with E-state index in [2.05, 4.69) is 0 Å². The van der Waals surface area contributed by atoms with Gasteiger partial charge in [0.15, 0.2) is 0 Å². The Morgan fingerprint density at radius 1 is 1.06 bits per heavy atom. The monoisotopic (exact) mass is 326 g/mol. The standard InChI is InChI=1S/C7H3ClF4O4S2/c8-18(15,16)4-1-2-6(5(9)3-4)17(13,14)7(10,11)12/h1-3H. The normalized spacial score (nSPS) is 13.6. The molecule has 0 fully saturated rings. The minimum Gasteiger partial charge on any atom is -0.214 e. The predicted molar refractivity (Wildman–Crippen MR) is 52.7 cm³/mol. The highest BCUT2D eigenvalue weighted by Crippen LogP contribution is 2.32. The Morgan fingerprint density at radius 2 is 1.56 bits per heavy atom. The summed E-state index contributed by atoms with van der Waals surface area (Å²) < 4.78 is 92.9. The summed E-state index contributed by atoms with van der Waals surface area (Å²) in [6, 6.07) is 0.748. The van der Waals surface area contributed by atoms with Gasteiger partial charge in [-0.1, -0.05) is 0 Å². The fourth-order valence-corrected chi connectivity index (χ4v) is 2.55. The number of alkyl halides is 3. The molecule has 0 unspecified atom stereocenters. The van der Waals surface area contributed by atoms with E-state index in [0.717, 1.165) is 0 Å². The first-order valence-electron chi connectivity index (χ1n) is 3.93. The van der Waals surface area contributed by atoms with Gasteiger partial charge in [0.25, 0.3) is 18.9 Å². The van der Waals surface area contributed by atoms with Gasteiger partial charge in [-0.3, -0.25) is 0 Å². The summed E-state index contributed by atoms with van der Waals surface area (Å²) in [5, 5.41) is 0. The molecule has 0 heterocycles. The molecule has 0 saturated heterocycles. The van der Waals surface area contributed by atoms with Crippen molar-refractivity contribution in [1.82, 2.24) is 0 Å². The third-order valence-corrected chi connectivity index (χ3v) is 4.65. The van der Waals surface area contributed by atoms with E-state index in [1.54, 1.807) is 0 Å². The molecule has 18 heavy (non-hydrogen) atoms. The van der Waals surface area contributed by atoms with Crippen LogP contribution in [-0.4, -0.2) is 22.3 Å². The summed E-state index contributed by atoms with van der Waals surface area (Å²) in [7, 11) is -5.43. The Bertz CT molecular complexity index is 678. The fraction of sp³-hybridized carbons (Fsp3) is 0.143. The van der Waals surface area contributed by atoms with Gasteiger partial charge in [0.05, 0.1) is 4.90 Å². The van der Waals surface area contributed by atoms with E-state index in [0.29, 0.717) is 6.07 Å². The molecule has 1 aromatic rings. The van der Waals surface area contributed by atoms with Gasteiger partial charge in [0, 0.05) is 10.7 Å². The maximum Gasteiger partial charge on any atom is 0.502 e. The summed E-state index contributed by atoms with van der Waals surface area (Å²) in [6.45, 7) is 0. The van der Waals surface area contributed by atoms with E-state index < -0.39 is 40.0 Å². The first-order chi connectivity index (χ1) is 7.87. The molecule has 0 aromatic heterocycles. The zero-order chi connectivity index (χ0) is 14.4. The van der Waals surface area contributed by atoms with Crippen molar-refractivity contribution in [3.8, 4) is 0 Å². The third-order valence-electron chi connectivity index (χ3n) is 1.78. The second kappa shape index (κ2) is 4.35. The molecule has 4 nitrogen and oxygen atoms in total. The predicted octanol–water partition coefficient (Wildman–Crippen LogP) is 2.05. The third kappa shape index (κ3) is 2.75. The van der Waals surface area contributed by atoms with Crippen LogP contribution in [0.25, 0.3) is 0 Å². The SMILES string of the molecule is O=S(=O)(Cl)c1ccc(S(=O)(=O)C(F)(F)F)c(F)c1. The van der Waals surface area contributed by atoms with Crippen LogP contribution in [0.2, 0.25) is 0 Å². The van der Waals surface area contributed by atoms with Crippen molar-refractivity contribution in [2.45, 2.75) is 15.3 Å². The van der Waals surface area contributed by atoms with Gasteiger partial charge in [-0.2, -0.15) is 13.2 Å². The topological polar surface area (TPSA) is 68.3 Å². The van der Waals surface area contributed by atoms with E-state index >= 15 is 0 Å². The highest BCUT2D eigenvalue weighted by atomic mass is 35.7. The maximum absolute atomic E-state index is 13.2. The van der Waals surface area contributed by atoms with Crippen molar-refractivity contribution in [2.24, 2.45) is 0 Å². The average molecular weight is 327 g/mol. The molecular weight excluding hydrogens is 324 g/mol. The van der Waals surface area contributed by atoms with E-state index in [1.807, 2.05) is 0 Å². The number of benzene rings is 1. The van der Waals surface area contributed by atoms with Crippen LogP contribution < -0.4 is 0 Å². The molecular formula is C7H3ClF4O4S2. The molecule has 0 saturated carbocycles. The molecule has 0 amide bonds. The average Bonchev–Trinajstić information content (AvgIpc) is 2.13. The number of sulfone groups is 1. The maximum atomic E-state index is 13.2. The first-order valence-corrected chi connectivity index (χ1v) is 7.72. The molecule has 0 spiro atoms. The molecule has 0 aliphatic rings. The summed E-state index contributed by atoms with van der Waals surface area (Å²) >= 11 is 0. The molecule has 1 aromatic carbocycles. The van der Waals surface area contributed by atoms with Crippen LogP contribution in [0.15, 0.2) is 28.0 Å². The van der Waals surface area contributed by atoms with Gasteiger partial charge in [-0.25, -0.2) is 21.2 Å². The van der Waals surface area contributed by atoms with Crippen LogP contribution in [0.3, 0.4) is 0 Å². The summed E-state index contributed by atoms with van der Waals surface area (Å²) in [5.74, 6) is -1.85. The van der Waals surface area contributed by atoms with Crippen molar-refractivity contribution < 1.29 is 34.4 Å². The molecule has 0 aliphatic heterocycles. The number of hydrogen-bond acceptors (Lipinski definition) is 4. The lowest BCUT2D eigenvalue weighted by molar-refractivity contribution is -0.0437. The van der Waals surface area contributed by atoms with Gasteiger partial charge >= 0.3 is 5.51 Å². The van der Waals surface area contributed by atoms with Crippen LogP contribution in [0.1, 0.15) is 0 Å². The largest absolute Gasteiger partial charge is 0.502 e. The summed E-state index contributed by atoms with van der Waals surface area (Å²) in [5.41, 5.74) is -5.69. The Kier molecular flexibility index (Phi) is 3.67. The van der Waals surface area contributed by atoms with Gasteiger partial charge in [0.2, 0.25) is 0 Å². The van der Waals surface area contributed by atoms with Crippen LogP contribution in [0, 0.1) is 5.82 Å². The van der Waals surface area contributed by atoms with Gasteiger partial charge in [-0.05, 0) is 18.2 Å². The molecule has 102 valence electrons. The minimum atomic E-state index is -5.88. The molecule has 1 rings (SSSR count). The number of hydrogen-bond donors (Lipinski definition) is 0. The number of halogens is 5. The molecule has 0 N–H and O–H groups in total. The smallest absolute Gasteiger partial charge is 0.214 e. The zero-order valence-corrected chi connectivity index (χ0v) is 10.5. The zero-order valence-electron chi connectivity index (χ0n) is 8.07. The fourth-order valence-electron chi connectivity index (χ4n) is 0.976. The second-order valence-electron chi connectivity index (χ2n) is 2.98. The van der Waals surface area contributed by atoms with E-state index in [4.69, 9.17) is 10.7 Å². The van der Waals surface area contributed by atoms with Crippen LogP contribution in [0.4, 0.5) is 17.6 Å².